The molecule has 1 aliphatic rings. The van der Waals surface area contributed by atoms with Crippen LogP contribution in [0.25, 0.3) is 11.3 Å². The third-order valence-electron chi connectivity index (χ3n) is 4.84. The average Bonchev–Trinajstić information content (AvgIpc) is 2.76. The number of morpholine rings is 1. The molecule has 0 spiro atoms. The van der Waals surface area contributed by atoms with Crippen LogP contribution in [0.4, 0.5) is 0 Å². The Labute approximate surface area is 163 Å². The van der Waals surface area contributed by atoms with Crippen molar-refractivity contribution in [3.63, 3.8) is 0 Å². The summed E-state index contributed by atoms with van der Waals surface area (Å²) in [6, 6.07) is 19.5. The topological polar surface area (TPSA) is 64.4 Å². The van der Waals surface area contributed by atoms with Crippen LogP contribution in [0.1, 0.15) is 11.7 Å². The van der Waals surface area contributed by atoms with Crippen molar-refractivity contribution in [1.29, 1.82) is 0 Å². The molecular formula is C22H21N3O3. The molecule has 1 atom stereocenters. The Morgan fingerprint density at radius 3 is 2.54 bits per heavy atom. The summed E-state index contributed by atoms with van der Waals surface area (Å²) in [5.74, 6) is -0.100. The highest BCUT2D eigenvalue weighted by molar-refractivity contribution is 5.76. The molecule has 1 fully saturated rings. The standard InChI is InChI=1S/C22H21N3O3/c26-21-13-23-19(17-7-3-1-4-8-17)14-25(21)16-22(27)24-11-12-28-20(15-24)18-9-5-2-6-10-18/h1-10,13-14,20H,11-12,15-16H2/t20-/m0/s1. The molecule has 28 heavy (non-hydrogen) atoms. The number of amides is 1. The van der Waals surface area contributed by atoms with E-state index < -0.39 is 0 Å². The normalized spacial score (nSPS) is 16.7. The predicted octanol–water partition coefficient (Wildman–Crippen LogP) is 2.51. The van der Waals surface area contributed by atoms with Gasteiger partial charge in [0.25, 0.3) is 5.56 Å². The summed E-state index contributed by atoms with van der Waals surface area (Å²) in [4.78, 5) is 31.0. The van der Waals surface area contributed by atoms with E-state index in [2.05, 4.69) is 4.98 Å². The SMILES string of the molecule is O=C(Cn1cc(-c2ccccc2)ncc1=O)N1CCO[C@H](c2ccccc2)C1. The van der Waals surface area contributed by atoms with Gasteiger partial charge in [-0.1, -0.05) is 60.7 Å². The van der Waals surface area contributed by atoms with Crippen LogP contribution >= 0.6 is 0 Å². The highest BCUT2D eigenvalue weighted by atomic mass is 16.5. The van der Waals surface area contributed by atoms with E-state index in [1.54, 1.807) is 11.1 Å². The maximum absolute atomic E-state index is 12.8. The number of nitrogens with zero attached hydrogens (tertiary/aromatic N) is 3. The number of hydrogen-bond donors (Lipinski definition) is 0. The van der Waals surface area contributed by atoms with Crippen molar-refractivity contribution in [3.05, 3.63) is 89.0 Å². The number of aromatic nitrogens is 2. The second-order valence-corrected chi connectivity index (χ2v) is 6.71. The molecule has 1 aromatic heterocycles. The fourth-order valence-corrected chi connectivity index (χ4v) is 3.32. The summed E-state index contributed by atoms with van der Waals surface area (Å²) in [6.45, 7) is 1.47. The smallest absolute Gasteiger partial charge is 0.269 e. The Hall–Kier alpha value is -3.25. The fraction of sp³-hybridized carbons (Fsp3) is 0.227. The average molecular weight is 375 g/mol. The molecule has 6 heteroatoms. The van der Waals surface area contributed by atoms with Gasteiger partial charge in [-0.05, 0) is 5.56 Å². The van der Waals surface area contributed by atoms with Crippen molar-refractivity contribution in [3.8, 4) is 11.3 Å². The Morgan fingerprint density at radius 2 is 1.79 bits per heavy atom. The van der Waals surface area contributed by atoms with E-state index in [0.717, 1.165) is 11.1 Å². The molecule has 0 saturated carbocycles. The first-order valence-electron chi connectivity index (χ1n) is 9.27. The lowest BCUT2D eigenvalue weighted by atomic mass is 10.1. The molecule has 1 saturated heterocycles. The molecule has 2 aromatic carbocycles. The number of hydrogen-bond acceptors (Lipinski definition) is 4. The van der Waals surface area contributed by atoms with Crippen molar-refractivity contribution in [1.82, 2.24) is 14.5 Å². The number of carbonyl (C=O) groups excluding carboxylic acids is 1. The van der Waals surface area contributed by atoms with Crippen molar-refractivity contribution in [2.75, 3.05) is 19.7 Å². The number of carbonyl (C=O) groups is 1. The first kappa shape index (κ1) is 18.1. The lowest BCUT2D eigenvalue weighted by molar-refractivity contribution is -0.139. The Balaban J connectivity index is 1.50. The van der Waals surface area contributed by atoms with Gasteiger partial charge in [0.1, 0.15) is 12.6 Å². The van der Waals surface area contributed by atoms with Crippen LogP contribution in [-0.2, 0) is 16.1 Å². The van der Waals surface area contributed by atoms with Gasteiger partial charge in [-0.15, -0.1) is 0 Å². The molecule has 3 aromatic rings. The zero-order chi connectivity index (χ0) is 19.3. The molecule has 1 amide bonds. The quantitative estimate of drug-likeness (QED) is 0.703. The van der Waals surface area contributed by atoms with Crippen molar-refractivity contribution in [2.24, 2.45) is 0 Å². The monoisotopic (exact) mass is 375 g/mol. The molecule has 0 bridgehead atoms. The summed E-state index contributed by atoms with van der Waals surface area (Å²) in [5, 5.41) is 0. The lowest BCUT2D eigenvalue weighted by Crippen LogP contribution is -2.44. The first-order chi connectivity index (χ1) is 13.7. The van der Waals surface area contributed by atoms with Crippen LogP contribution < -0.4 is 5.56 Å². The van der Waals surface area contributed by atoms with Crippen LogP contribution in [-0.4, -0.2) is 40.1 Å². The van der Waals surface area contributed by atoms with E-state index in [-0.39, 0.29) is 24.1 Å². The minimum absolute atomic E-state index is 0.0112. The lowest BCUT2D eigenvalue weighted by Gasteiger charge is -2.33. The highest BCUT2D eigenvalue weighted by Gasteiger charge is 2.25. The van der Waals surface area contributed by atoms with Crippen molar-refractivity contribution in [2.45, 2.75) is 12.6 Å². The maximum atomic E-state index is 12.8. The highest BCUT2D eigenvalue weighted by Crippen LogP contribution is 2.22. The molecule has 0 radical (unpaired) electrons. The molecule has 4 rings (SSSR count). The van der Waals surface area contributed by atoms with Crippen LogP contribution in [0.3, 0.4) is 0 Å². The van der Waals surface area contributed by atoms with E-state index in [0.29, 0.717) is 25.4 Å². The molecule has 142 valence electrons. The summed E-state index contributed by atoms with van der Waals surface area (Å²) >= 11 is 0. The van der Waals surface area contributed by atoms with Crippen molar-refractivity contribution >= 4 is 5.91 Å². The third-order valence-corrected chi connectivity index (χ3v) is 4.84. The van der Waals surface area contributed by atoms with E-state index in [1.807, 2.05) is 60.7 Å². The van der Waals surface area contributed by atoms with Gasteiger partial charge in [0, 0.05) is 18.3 Å². The first-order valence-corrected chi connectivity index (χ1v) is 9.27. The minimum Gasteiger partial charge on any atom is -0.370 e. The fourth-order valence-electron chi connectivity index (χ4n) is 3.32. The van der Waals surface area contributed by atoms with Gasteiger partial charge >= 0.3 is 0 Å². The van der Waals surface area contributed by atoms with Gasteiger partial charge in [-0.2, -0.15) is 0 Å². The van der Waals surface area contributed by atoms with E-state index >= 15 is 0 Å². The Kier molecular flexibility index (Phi) is 5.30. The summed E-state index contributed by atoms with van der Waals surface area (Å²) in [6.07, 6.45) is 2.76. The molecule has 6 nitrogen and oxygen atoms in total. The summed E-state index contributed by atoms with van der Waals surface area (Å²) in [7, 11) is 0. The summed E-state index contributed by atoms with van der Waals surface area (Å²) < 4.78 is 7.24. The van der Waals surface area contributed by atoms with Crippen LogP contribution in [0, 0.1) is 0 Å². The van der Waals surface area contributed by atoms with Gasteiger partial charge < -0.3 is 14.2 Å². The van der Waals surface area contributed by atoms with Gasteiger partial charge in [0.15, 0.2) is 0 Å². The molecule has 0 aliphatic carbocycles. The second-order valence-electron chi connectivity index (χ2n) is 6.71. The van der Waals surface area contributed by atoms with Crippen LogP contribution in [0.2, 0.25) is 0 Å². The Morgan fingerprint density at radius 1 is 1.07 bits per heavy atom. The minimum atomic E-state index is -0.291. The molecule has 0 unspecified atom stereocenters. The van der Waals surface area contributed by atoms with Gasteiger partial charge in [0.05, 0.1) is 25.0 Å². The molecule has 1 aliphatic heterocycles. The van der Waals surface area contributed by atoms with E-state index in [1.165, 1.54) is 10.8 Å². The van der Waals surface area contributed by atoms with Gasteiger partial charge in [0.2, 0.25) is 5.91 Å². The number of benzene rings is 2. The molecule has 0 N–H and O–H groups in total. The maximum Gasteiger partial charge on any atom is 0.269 e. The molecule has 2 heterocycles. The third kappa shape index (κ3) is 4.02. The van der Waals surface area contributed by atoms with Crippen molar-refractivity contribution < 1.29 is 9.53 Å². The van der Waals surface area contributed by atoms with E-state index in [9.17, 15) is 9.59 Å². The van der Waals surface area contributed by atoms with E-state index in [4.69, 9.17) is 4.74 Å². The zero-order valence-electron chi connectivity index (χ0n) is 15.4. The zero-order valence-corrected chi connectivity index (χ0v) is 15.4. The van der Waals surface area contributed by atoms with Gasteiger partial charge in [-0.3, -0.25) is 9.59 Å². The Bertz CT molecular complexity index is 1000. The number of ether oxygens (including phenoxy) is 1. The summed E-state index contributed by atoms with van der Waals surface area (Å²) in [5.41, 5.74) is 2.32. The van der Waals surface area contributed by atoms with Crippen LogP contribution in [0.5, 0.6) is 0 Å². The van der Waals surface area contributed by atoms with Crippen LogP contribution in [0.15, 0.2) is 77.9 Å². The number of rotatable bonds is 4. The second kappa shape index (κ2) is 8.19. The predicted molar refractivity (Wildman–Crippen MR) is 106 cm³/mol. The molecular weight excluding hydrogens is 354 g/mol. The van der Waals surface area contributed by atoms with Gasteiger partial charge in [-0.25, -0.2) is 4.98 Å². The largest absolute Gasteiger partial charge is 0.370 e.